The van der Waals surface area contributed by atoms with E-state index in [2.05, 4.69) is 25.3 Å². The van der Waals surface area contributed by atoms with Gasteiger partial charge in [-0.1, -0.05) is 11.8 Å². The molecule has 7 nitrogen and oxygen atoms in total. The Kier molecular flexibility index (Phi) is 4.95. The summed E-state index contributed by atoms with van der Waals surface area (Å²) in [7, 11) is 0. The summed E-state index contributed by atoms with van der Waals surface area (Å²) in [6.07, 6.45) is 3.01. The van der Waals surface area contributed by atoms with Crippen molar-refractivity contribution in [2.75, 3.05) is 11.9 Å². The summed E-state index contributed by atoms with van der Waals surface area (Å²) in [5.41, 5.74) is 2.06. The second-order valence-electron chi connectivity index (χ2n) is 4.99. The molecule has 2 aromatic heterocycles. The predicted octanol–water partition coefficient (Wildman–Crippen LogP) is 2.87. The summed E-state index contributed by atoms with van der Waals surface area (Å²) in [6, 6.07) is 7.29. The van der Waals surface area contributed by atoms with Crippen LogP contribution in [0.2, 0.25) is 0 Å². The summed E-state index contributed by atoms with van der Waals surface area (Å²) in [6.45, 7) is 4.37. The minimum absolute atomic E-state index is 0.101. The third-order valence-corrected chi connectivity index (χ3v) is 4.38. The maximum absolute atomic E-state index is 12.4. The fourth-order valence-corrected chi connectivity index (χ4v) is 2.98. The van der Waals surface area contributed by atoms with Gasteiger partial charge in [-0.15, -0.1) is 0 Å². The number of aromatic amines is 1. The molecule has 0 aliphatic heterocycles. The van der Waals surface area contributed by atoms with E-state index in [0.717, 1.165) is 17.0 Å². The average molecular weight is 343 g/mol. The van der Waals surface area contributed by atoms with Crippen molar-refractivity contribution in [2.45, 2.75) is 24.1 Å². The molecule has 124 valence electrons. The maximum Gasteiger partial charge on any atom is 0.237 e. The number of ether oxygens (including phenoxy) is 1. The molecule has 1 amide bonds. The van der Waals surface area contributed by atoms with Gasteiger partial charge in [0.05, 0.1) is 18.2 Å². The van der Waals surface area contributed by atoms with Crippen LogP contribution in [-0.2, 0) is 4.79 Å². The molecule has 0 saturated carbocycles. The normalized spacial score (nSPS) is 12.1. The Labute approximate surface area is 143 Å². The number of hydrogen-bond donors (Lipinski definition) is 2. The number of aromatic nitrogens is 4. The van der Waals surface area contributed by atoms with Gasteiger partial charge in [0.15, 0.2) is 5.65 Å². The first-order valence-electron chi connectivity index (χ1n) is 7.52. The third kappa shape index (κ3) is 3.65. The molecule has 0 aliphatic carbocycles. The first kappa shape index (κ1) is 16.3. The van der Waals surface area contributed by atoms with Crippen LogP contribution in [0.4, 0.5) is 5.69 Å². The van der Waals surface area contributed by atoms with Crippen molar-refractivity contribution in [2.24, 2.45) is 0 Å². The van der Waals surface area contributed by atoms with Crippen molar-refractivity contribution in [3.8, 4) is 5.75 Å². The third-order valence-electron chi connectivity index (χ3n) is 3.28. The lowest BCUT2D eigenvalue weighted by atomic mass is 10.3. The van der Waals surface area contributed by atoms with Gasteiger partial charge in [-0.3, -0.25) is 4.79 Å². The van der Waals surface area contributed by atoms with Gasteiger partial charge in [0.2, 0.25) is 5.91 Å². The van der Waals surface area contributed by atoms with Crippen molar-refractivity contribution in [1.82, 2.24) is 19.9 Å². The highest BCUT2D eigenvalue weighted by Gasteiger charge is 2.18. The van der Waals surface area contributed by atoms with Crippen molar-refractivity contribution >= 4 is 34.5 Å². The van der Waals surface area contributed by atoms with Crippen LogP contribution in [0, 0.1) is 0 Å². The minimum atomic E-state index is -0.321. The molecule has 3 rings (SSSR count). The number of rotatable bonds is 6. The molecular weight excluding hydrogens is 326 g/mol. The Morgan fingerprint density at radius 1 is 1.29 bits per heavy atom. The molecule has 0 saturated heterocycles. The summed E-state index contributed by atoms with van der Waals surface area (Å²) < 4.78 is 5.39. The van der Waals surface area contributed by atoms with E-state index >= 15 is 0 Å². The molecule has 1 unspecified atom stereocenters. The van der Waals surface area contributed by atoms with Gasteiger partial charge in [-0.25, -0.2) is 15.0 Å². The van der Waals surface area contributed by atoms with Crippen LogP contribution in [0.15, 0.2) is 41.9 Å². The number of hydrogen-bond acceptors (Lipinski definition) is 6. The first-order valence-corrected chi connectivity index (χ1v) is 8.39. The van der Waals surface area contributed by atoms with E-state index in [1.807, 2.05) is 38.1 Å². The van der Waals surface area contributed by atoms with Gasteiger partial charge in [0.25, 0.3) is 0 Å². The lowest BCUT2D eigenvalue weighted by Gasteiger charge is -2.12. The van der Waals surface area contributed by atoms with E-state index in [9.17, 15) is 4.79 Å². The van der Waals surface area contributed by atoms with Gasteiger partial charge in [-0.2, -0.15) is 0 Å². The van der Waals surface area contributed by atoms with Crippen LogP contribution in [0.5, 0.6) is 5.75 Å². The van der Waals surface area contributed by atoms with E-state index in [1.54, 1.807) is 6.33 Å². The number of amides is 1. The van der Waals surface area contributed by atoms with E-state index < -0.39 is 0 Å². The Morgan fingerprint density at radius 3 is 2.83 bits per heavy atom. The topological polar surface area (TPSA) is 92.8 Å². The lowest BCUT2D eigenvalue weighted by Crippen LogP contribution is -2.22. The van der Waals surface area contributed by atoms with Crippen molar-refractivity contribution < 1.29 is 9.53 Å². The van der Waals surface area contributed by atoms with Gasteiger partial charge >= 0.3 is 0 Å². The summed E-state index contributed by atoms with van der Waals surface area (Å²) in [5.74, 6) is 0.677. The van der Waals surface area contributed by atoms with Gasteiger partial charge in [0.1, 0.15) is 22.6 Å². The highest BCUT2D eigenvalue weighted by molar-refractivity contribution is 8.00. The van der Waals surface area contributed by atoms with Crippen molar-refractivity contribution in [3.05, 3.63) is 36.9 Å². The molecule has 1 aromatic carbocycles. The maximum atomic E-state index is 12.4. The molecule has 2 N–H and O–H groups in total. The van der Waals surface area contributed by atoms with Gasteiger partial charge < -0.3 is 15.0 Å². The second-order valence-corrected chi connectivity index (χ2v) is 6.32. The lowest BCUT2D eigenvalue weighted by molar-refractivity contribution is -0.115. The smallest absolute Gasteiger partial charge is 0.237 e. The monoisotopic (exact) mass is 343 g/mol. The van der Waals surface area contributed by atoms with E-state index in [-0.39, 0.29) is 11.2 Å². The molecule has 0 bridgehead atoms. The second kappa shape index (κ2) is 7.31. The van der Waals surface area contributed by atoms with Crippen LogP contribution >= 0.6 is 11.8 Å². The zero-order valence-electron chi connectivity index (χ0n) is 13.3. The molecule has 1 atom stereocenters. The first-order chi connectivity index (χ1) is 11.7. The summed E-state index contributed by atoms with van der Waals surface area (Å²) in [4.78, 5) is 27.7. The number of anilines is 1. The highest BCUT2D eigenvalue weighted by atomic mass is 32.2. The fourth-order valence-electron chi connectivity index (χ4n) is 2.10. The molecule has 0 radical (unpaired) electrons. The zero-order chi connectivity index (χ0) is 16.9. The number of nitrogens with zero attached hydrogens (tertiary/aromatic N) is 3. The summed E-state index contributed by atoms with van der Waals surface area (Å²) in [5, 5.41) is 3.27. The Morgan fingerprint density at radius 2 is 2.08 bits per heavy atom. The quantitative estimate of drug-likeness (QED) is 0.528. The van der Waals surface area contributed by atoms with Crippen molar-refractivity contribution in [1.29, 1.82) is 0 Å². The average Bonchev–Trinajstić information content (AvgIpc) is 3.06. The highest BCUT2D eigenvalue weighted by Crippen LogP contribution is 2.27. The molecule has 0 spiro atoms. The fraction of sp³-hybridized carbons (Fsp3) is 0.250. The van der Waals surface area contributed by atoms with Crippen LogP contribution < -0.4 is 10.1 Å². The number of benzene rings is 1. The standard InChI is InChI=1S/C16H17N5O2S/c1-3-23-12-6-4-11(5-7-12)21-15(22)10(2)24-16-13-14(18-8-17-13)19-9-20-16/h4-10H,3H2,1-2H3,(H,21,22)(H,17,18,19,20). The molecular formula is C16H17N5O2S. The predicted molar refractivity (Wildman–Crippen MR) is 93.2 cm³/mol. The Bertz CT molecular complexity index is 834. The van der Waals surface area contributed by atoms with Crippen LogP contribution in [0.3, 0.4) is 0 Å². The number of H-pyrrole nitrogens is 1. The molecule has 0 aliphatic rings. The number of nitrogens with one attached hydrogen (secondary N) is 2. The molecule has 2 heterocycles. The minimum Gasteiger partial charge on any atom is -0.494 e. The molecule has 0 fully saturated rings. The Balaban J connectivity index is 1.65. The molecule has 8 heteroatoms. The van der Waals surface area contributed by atoms with Crippen molar-refractivity contribution in [3.63, 3.8) is 0 Å². The van der Waals surface area contributed by atoms with E-state index in [0.29, 0.717) is 17.3 Å². The molecule has 3 aromatic rings. The summed E-state index contributed by atoms with van der Waals surface area (Å²) >= 11 is 1.36. The number of carbonyl (C=O) groups excluding carboxylic acids is 1. The van der Waals surface area contributed by atoms with Gasteiger partial charge in [0, 0.05) is 5.69 Å². The van der Waals surface area contributed by atoms with E-state index in [1.165, 1.54) is 18.1 Å². The largest absolute Gasteiger partial charge is 0.494 e. The van der Waals surface area contributed by atoms with Crippen LogP contribution in [-0.4, -0.2) is 37.7 Å². The Hall–Kier alpha value is -2.61. The van der Waals surface area contributed by atoms with Gasteiger partial charge in [-0.05, 0) is 38.1 Å². The van der Waals surface area contributed by atoms with Crippen LogP contribution in [0.25, 0.3) is 11.2 Å². The van der Waals surface area contributed by atoms with E-state index in [4.69, 9.17) is 4.74 Å². The van der Waals surface area contributed by atoms with Crippen LogP contribution in [0.1, 0.15) is 13.8 Å². The molecule has 24 heavy (non-hydrogen) atoms. The number of thioether (sulfide) groups is 1. The number of carbonyl (C=O) groups is 1. The zero-order valence-corrected chi connectivity index (χ0v) is 14.1. The SMILES string of the molecule is CCOc1ccc(NC(=O)C(C)Sc2ncnc3nc[nH]c23)cc1. The number of imidazole rings is 1. The number of fused-ring (bicyclic) bond motifs is 1.